The lowest BCUT2D eigenvalue weighted by Crippen LogP contribution is -2.41. The molecule has 4 nitrogen and oxygen atoms in total. The number of para-hydroxylation sites is 1. The number of Topliss-reactive ketones (excluding diaryl/α,β-unsaturated/α-hetero) is 1. The molecule has 0 spiro atoms. The maximum absolute atomic E-state index is 13.5. The van der Waals surface area contributed by atoms with E-state index in [2.05, 4.69) is 0 Å². The van der Waals surface area contributed by atoms with Crippen LogP contribution in [-0.4, -0.2) is 16.8 Å². The van der Waals surface area contributed by atoms with Gasteiger partial charge in [-0.15, -0.1) is 0 Å². The first kappa shape index (κ1) is 20.7. The van der Waals surface area contributed by atoms with Gasteiger partial charge >= 0.3 is 0 Å². The van der Waals surface area contributed by atoms with Gasteiger partial charge in [0.1, 0.15) is 0 Å². The molecule has 0 bridgehead atoms. The van der Waals surface area contributed by atoms with Crippen molar-refractivity contribution >= 4 is 17.4 Å². The molecule has 2 aliphatic rings. The van der Waals surface area contributed by atoms with Crippen LogP contribution in [0.1, 0.15) is 57.4 Å². The fourth-order valence-corrected chi connectivity index (χ4v) is 4.95. The summed E-state index contributed by atoms with van der Waals surface area (Å²) >= 11 is 0. The van der Waals surface area contributed by atoms with Crippen LogP contribution < -0.4 is 4.90 Å². The first-order chi connectivity index (χ1) is 15.5. The molecule has 5 rings (SSSR count). The second-order valence-electron chi connectivity index (χ2n) is 9.04. The molecule has 0 radical (unpaired) electrons. The monoisotopic (exact) mass is 425 g/mol. The van der Waals surface area contributed by atoms with Crippen LogP contribution in [0.4, 0.5) is 5.69 Å². The minimum Gasteiger partial charge on any atom is -0.375 e. The average molecular weight is 426 g/mol. The third-order valence-corrected chi connectivity index (χ3v) is 6.79. The van der Waals surface area contributed by atoms with Crippen molar-refractivity contribution in [2.24, 2.45) is 0 Å². The lowest BCUT2D eigenvalue weighted by molar-refractivity contribution is -0.136. The minimum atomic E-state index is -1.85. The zero-order valence-electron chi connectivity index (χ0n) is 18.3. The lowest BCUT2D eigenvalue weighted by Gasteiger charge is -2.23. The highest BCUT2D eigenvalue weighted by Gasteiger charge is 2.50. The van der Waals surface area contributed by atoms with Crippen LogP contribution in [0, 0.1) is 6.92 Å². The van der Waals surface area contributed by atoms with Gasteiger partial charge in [0.05, 0.1) is 18.7 Å². The SMILES string of the molecule is Cc1ccc(CN2C(=O)[C@@](O)(CC(=O)c3ccc4c(c3)CCCC4)c3ccccc32)cc1. The van der Waals surface area contributed by atoms with Gasteiger partial charge < -0.3 is 10.0 Å². The Morgan fingerprint density at radius 1 is 0.969 bits per heavy atom. The molecule has 32 heavy (non-hydrogen) atoms. The smallest absolute Gasteiger partial charge is 0.264 e. The number of nitrogens with zero attached hydrogens (tertiary/aromatic N) is 1. The highest BCUT2D eigenvalue weighted by atomic mass is 16.3. The second kappa shape index (κ2) is 8.03. The third-order valence-electron chi connectivity index (χ3n) is 6.79. The van der Waals surface area contributed by atoms with Crippen molar-refractivity contribution in [2.45, 2.75) is 51.2 Å². The number of carbonyl (C=O) groups excluding carboxylic acids is 2. The molecule has 0 saturated heterocycles. The van der Waals surface area contributed by atoms with Gasteiger partial charge in [0, 0.05) is 11.1 Å². The predicted octanol–water partition coefficient (Wildman–Crippen LogP) is 4.88. The Morgan fingerprint density at radius 2 is 1.69 bits per heavy atom. The van der Waals surface area contributed by atoms with Gasteiger partial charge in [0.25, 0.3) is 5.91 Å². The summed E-state index contributed by atoms with van der Waals surface area (Å²) in [6.45, 7) is 2.37. The number of hydrogen-bond acceptors (Lipinski definition) is 3. The molecule has 0 unspecified atom stereocenters. The summed E-state index contributed by atoms with van der Waals surface area (Å²) < 4.78 is 0. The van der Waals surface area contributed by atoms with Crippen molar-refractivity contribution in [1.29, 1.82) is 0 Å². The van der Waals surface area contributed by atoms with Crippen molar-refractivity contribution < 1.29 is 14.7 Å². The maximum atomic E-state index is 13.5. The predicted molar refractivity (Wildman–Crippen MR) is 125 cm³/mol. The molecule has 1 N–H and O–H groups in total. The number of fused-ring (bicyclic) bond motifs is 2. The van der Waals surface area contributed by atoms with Gasteiger partial charge in [-0.2, -0.15) is 0 Å². The number of rotatable bonds is 5. The van der Waals surface area contributed by atoms with Crippen LogP contribution in [-0.2, 0) is 29.8 Å². The summed E-state index contributed by atoms with van der Waals surface area (Å²) in [6.07, 6.45) is 4.09. The molecule has 0 saturated carbocycles. The van der Waals surface area contributed by atoms with Crippen molar-refractivity contribution in [1.82, 2.24) is 0 Å². The van der Waals surface area contributed by atoms with Gasteiger partial charge in [0.15, 0.2) is 11.4 Å². The zero-order valence-corrected chi connectivity index (χ0v) is 18.3. The molecule has 0 aromatic heterocycles. The summed E-state index contributed by atoms with van der Waals surface area (Å²) in [6, 6.07) is 21.1. The van der Waals surface area contributed by atoms with E-state index in [1.165, 1.54) is 17.5 Å². The van der Waals surface area contributed by atoms with E-state index in [-0.39, 0.29) is 12.2 Å². The highest BCUT2D eigenvalue weighted by Crippen LogP contribution is 2.43. The number of hydrogen-bond donors (Lipinski definition) is 1. The summed E-state index contributed by atoms with van der Waals surface area (Å²) in [5.74, 6) is -0.646. The van der Waals surface area contributed by atoms with E-state index in [4.69, 9.17) is 0 Å². The van der Waals surface area contributed by atoms with E-state index in [1.807, 2.05) is 61.5 Å². The zero-order chi connectivity index (χ0) is 22.3. The normalized spacial score (nSPS) is 19.6. The highest BCUT2D eigenvalue weighted by molar-refractivity contribution is 6.10. The van der Waals surface area contributed by atoms with Crippen LogP contribution in [0.15, 0.2) is 66.7 Å². The average Bonchev–Trinajstić information content (AvgIpc) is 3.02. The van der Waals surface area contributed by atoms with Crippen LogP contribution in [0.25, 0.3) is 0 Å². The van der Waals surface area contributed by atoms with Gasteiger partial charge in [-0.3, -0.25) is 9.59 Å². The number of amides is 1. The van der Waals surface area contributed by atoms with Gasteiger partial charge in [0.2, 0.25) is 0 Å². The fraction of sp³-hybridized carbons (Fsp3) is 0.286. The van der Waals surface area contributed by atoms with E-state index >= 15 is 0 Å². The topological polar surface area (TPSA) is 57.6 Å². The molecular weight excluding hydrogens is 398 g/mol. The quantitative estimate of drug-likeness (QED) is 0.593. The van der Waals surface area contributed by atoms with E-state index in [9.17, 15) is 14.7 Å². The first-order valence-corrected chi connectivity index (χ1v) is 11.3. The van der Waals surface area contributed by atoms with Crippen LogP contribution in [0.2, 0.25) is 0 Å². The van der Waals surface area contributed by atoms with Gasteiger partial charge in [-0.05, 0) is 61.4 Å². The van der Waals surface area contributed by atoms with Crippen molar-refractivity contribution in [2.75, 3.05) is 4.90 Å². The van der Waals surface area contributed by atoms with Crippen molar-refractivity contribution in [3.63, 3.8) is 0 Å². The third kappa shape index (κ3) is 3.55. The molecule has 1 heterocycles. The number of ketones is 1. The Labute approximate surface area is 188 Å². The van der Waals surface area contributed by atoms with Crippen molar-refractivity contribution in [3.05, 3.63) is 100 Å². The molecule has 1 amide bonds. The Morgan fingerprint density at radius 3 is 2.47 bits per heavy atom. The van der Waals surface area contributed by atoms with Crippen molar-refractivity contribution in [3.8, 4) is 0 Å². The Bertz CT molecular complexity index is 1200. The largest absolute Gasteiger partial charge is 0.375 e. The number of carbonyl (C=O) groups is 2. The molecular formula is C28H27NO3. The van der Waals surface area contributed by atoms with Crippen LogP contribution in [0.5, 0.6) is 0 Å². The van der Waals surface area contributed by atoms with Gasteiger partial charge in [-0.1, -0.05) is 60.2 Å². The molecule has 1 aliphatic carbocycles. The minimum absolute atomic E-state index is 0.207. The maximum Gasteiger partial charge on any atom is 0.264 e. The Hall–Kier alpha value is -3.24. The van der Waals surface area contributed by atoms with Crippen LogP contribution in [0.3, 0.4) is 0 Å². The molecule has 3 aromatic rings. The first-order valence-electron chi connectivity index (χ1n) is 11.3. The summed E-state index contributed by atoms with van der Waals surface area (Å²) in [5.41, 5.74) is 4.53. The Kier molecular flexibility index (Phi) is 5.18. The second-order valence-corrected chi connectivity index (χ2v) is 9.04. The molecule has 3 aromatic carbocycles. The van der Waals surface area contributed by atoms with E-state index < -0.39 is 11.5 Å². The standard InChI is InChI=1S/C28H27NO3/c1-19-10-12-20(13-11-19)18-29-25-9-5-4-8-24(25)28(32,27(29)31)17-26(30)23-15-14-21-6-2-3-7-22(21)16-23/h4-5,8-16,32H,2-3,6-7,17-18H2,1H3/t28-/m1/s1. The van der Waals surface area contributed by atoms with Gasteiger partial charge in [-0.25, -0.2) is 0 Å². The molecule has 162 valence electrons. The van der Waals surface area contributed by atoms with E-state index in [0.29, 0.717) is 23.4 Å². The summed E-state index contributed by atoms with van der Waals surface area (Å²) in [4.78, 5) is 28.3. The fourth-order valence-electron chi connectivity index (χ4n) is 4.95. The summed E-state index contributed by atoms with van der Waals surface area (Å²) in [5, 5.41) is 11.6. The number of anilines is 1. The molecule has 0 fully saturated rings. The number of benzene rings is 3. The lowest BCUT2D eigenvalue weighted by atomic mass is 9.85. The molecule has 1 aliphatic heterocycles. The molecule has 1 atom stereocenters. The molecule has 4 heteroatoms. The Balaban J connectivity index is 1.44. The van der Waals surface area contributed by atoms with E-state index in [0.717, 1.165) is 30.4 Å². The number of aliphatic hydroxyl groups is 1. The van der Waals surface area contributed by atoms with Crippen LogP contribution >= 0.6 is 0 Å². The number of aryl methyl sites for hydroxylation is 3. The van der Waals surface area contributed by atoms with E-state index in [1.54, 1.807) is 17.0 Å². The summed E-state index contributed by atoms with van der Waals surface area (Å²) in [7, 11) is 0.